The Morgan fingerprint density at radius 2 is 1.40 bits per heavy atom. The molecule has 0 saturated carbocycles. The fourth-order valence-corrected chi connectivity index (χ4v) is 3.09. The summed E-state index contributed by atoms with van der Waals surface area (Å²) in [5.74, 6) is 2.56. The molecule has 0 amide bonds. The summed E-state index contributed by atoms with van der Waals surface area (Å²) in [5.41, 5.74) is 2.70. The van der Waals surface area contributed by atoms with Crippen LogP contribution in [0, 0.1) is 0 Å². The van der Waals surface area contributed by atoms with Crippen molar-refractivity contribution in [1.29, 1.82) is 0 Å². The van der Waals surface area contributed by atoms with Crippen LogP contribution in [0.2, 0.25) is 0 Å². The second-order valence-corrected chi connectivity index (χ2v) is 5.58. The second kappa shape index (κ2) is 6.13. The van der Waals surface area contributed by atoms with Gasteiger partial charge in [0.1, 0.15) is 11.5 Å². The summed E-state index contributed by atoms with van der Waals surface area (Å²) in [6.07, 6.45) is 6.48. The summed E-state index contributed by atoms with van der Waals surface area (Å²) in [6.45, 7) is 2.26. The van der Waals surface area contributed by atoms with Crippen molar-refractivity contribution in [3.8, 4) is 11.5 Å². The van der Waals surface area contributed by atoms with Crippen molar-refractivity contribution < 1.29 is 4.74 Å². The van der Waals surface area contributed by atoms with Gasteiger partial charge < -0.3 is 4.74 Å². The minimum atomic E-state index is 0.494. The van der Waals surface area contributed by atoms with E-state index >= 15 is 0 Å². The van der Waals surface area contributed by atoms with E-state index < -0.39 is 0 Å². The zero-order valence-electron chi connectivity index (χ0n) is 12.1. The van der Waals surface area contributed by atoms with Crippen molar-refractivity contribution in [2.75, 3.05) is 0 Å². The Balaban J connectivity index is 1.87. The lowest BCUT2D eigenvalue weighted by atomic mass is 9.84. The quantitative estimate of drug-likeness (QED) is 0.613. The van der Waals surface area contributed by atoms with Crippen LogP contribution in [-0.2, 0) is 0 Å². The van der Waals surface area contributed by atoms with Crippen LogP contribution in [0.1, 0.15) is 56.1 Å². The normalized spacial score (nSPS) is 13.4. The van der Waals surface area contributed by atoms with Crippen molar-refractivity contribution in [3.63, 3.8) is 0 Å². The molecule has 0 aromatic heterocycles. The van der Waals surface area contributed by atoms with Gasteiger partial charge in [-0.25, -0.2) is 0 Å². The van der Waals surface area contributed by atoms with Crippen LogP contribution < -0.4 is 4.74 Å². The van der Waals surface area contributed by atoms with Crippen LogP contribution >= 0.6 is 0 Å². The average molecular weight is 266 g/mol. The molecule has 20 heavy (non-hydrogen) atoms. The number of benzene rings is 2. The van der Waals surface area contributed by atoms with E-state index in [1.54, 1.807) is 0 Å². The van der Waals surface area contributed by atoms with E-state index in [1.165, 1.54) is 43.2 Å². The monoisotopic (exact) mass is 266 g/mol. The first-order valence-electron chi connectivity index (χ1n) is 7.76. The lowest BCUT2D eigenvalue weighted by Gasteiger charge is -2.28. The van der Waals surface area contributed by atoms with Crippen molar-refractivity contribution >= 4 is 0 Å². The van der Waals surface area contributed by atoms with Crippen LogP contribution in [0.4, 0.5) is 0 Å². The summed E-state index contributed by atoms with van der Waals surface area (Å²) in [6, 6.07) is 17.0. The third-order valence-electron chi connectivity index (χ3n) is 4.16. The molecule has 0 atom stereocenters. The first-order chi connectivity index (χ1) is 9.90. The van der Waals surface area contributed by atoms with E-state index in [0.29, 0.717) is 5.92 Å². The Labute approximate surface area is 121 Å². The molecule has 0 bridgehead atoms. The van der Waals surface area contributed by atoms with Crippen LogP contribution in [-0.4, -0.2) is 0 Å². The molecule has 1 aliphatic rings. The minimum Gasteiger partial charge on any atom is -0.457 e. The van der Waals surface area contributed by atoms with Crippen LogP contribution in [0.3, 0.4) is 0 Å². The standard InChI is InChI=1S/C19H22O/c1-2-3-4-5-10-15-16-11-6-8-13-18(16)20-19-14-9-7-12-17(15)19/h6-9,11-15H,2-5,10H2,1H3. The molecular formula is C19H22O. The molecule has 3 rings (SSSR count). The van der Waals surface area contributed by atoms with Gasteiger partial charge >= 0.3 is 0 Å². The zero-order chi connectivity index (χ0) is 13.8. The fraction of sp³-hybridized carbons (Fsp3) is 0.368. The molecule has 0 radical (unpaired) electrons. The van der Waals surface area contributed by atoms with Gasteiger partial charge in [0.2, 0.25) is 0 Å². The van der Waals surface area contributed by atoms with Crippen molar-refractivity contribution in [1.82, 2.24) is 0 Å². The lowest BCUT2D eigenvalue weighted by Crippen LogP contribution is -2.10. The SMILES string of the molecule is CCCCCCC1c2ccccc2Oc2ccccc21. The molecule has 0 N–H and O–H groups in total. The van der Waals surface area contributed by atoms with Gasteiger partial charge in [0, 0.05) is 17.0 Å². The maximum absolute atomic E-state index is 6.04. The number of fused-ring (bicyclic) bond motifs is 2. The highest BCUT2D eigenvalue weighted by Gasteiger charge is 2.25. The number of unbranched alkanes of at least 4 members (excludes halogenated alkanes) is 3. The minimum absolute atomic E-state index is 0.494. The van der Waals surface area contributed by atoms with E-state index in [0.717, 1.165) is 11.5 Å². The molecule has 0 saturated heterocycles. The molecule has 1 heteroatoms. The van der Waals surface area contributed by atoms with Gasteiger partial charge in [0.15, 0.2) is 0 Å². The molecule has 2 aromatic rings. The third-order valence-corrected chi connectivity index (χ3v) is 4.16. The van der Waals surface area contributed by atoms with Crippen LogP contribution in [0.5, 0.6) is 11.5 Å². The van der Waals surface area contributed by atoms with E-state index in [-0.39, 0.29) is 0 Å². The van der Waals surface area contributed by atoms with Crippen molar-refractivity contribution in [2.45, 2.75) is 44.9 Å². The molecular weight excluding hydrogens is 244 g/mol. The molecule has 0 fully saturated rings. The summed E-state index contributed by atoms with van der Waals surface area (Å²) >= 11 is 0. The van der Waals surface area contributed by atoms with Gasteiger partial charge in [-0.2, -0.15) is 0 Å². The van der Waals surface area contributed by atoms with Gasteiger partial charge in [0.05, 0.1) is 0 Å². The predicted molar refractivity (Wildman–Crippen MR) is 83.6 cm³/mol. The molecule has 0 spiro atoms. The van der Waals surface area contributed by atoms with Gasteiger partial charge in [-0.15, -0.1) is 0 Å². The summed E-state index contributed by atoms with van der Waals surface area (Å²) in [5, 5.41) is 0. The predicted octanol–water partition coefficient (Wildman–Crippen LogP) is 5.89. The highest BCUT2D eigenvalue weighted by Crippen LogP contribution is 2.45. The number of hydrogen-bond acceptors (Lipinski definition) is 1. The molecule has 0 unspecified atom stereocenters. The molecule has 1 nitrogen and oxygen atoms in total. The fourth-order valence-electron chi connectivity index (χ4n) is 3.09. The summed E-state index contributed by atoms with van der Waals surface area (Å²) in [7, 11) is 0. The van der Waals surface area contributed by atoms with Gasteiger partial charge in [-0.3, -0.25) is 0 Å². The summed E-state index contributed by atoms with van der Waals surface area (Å²) in [4.78, 5) is 0. The van der Waals surface area contributed by atoms with E-state index in [9.17, 15) is 0 Å². The largest absolute Gasteiger partial charge is 0.457 e. The molecule has 2 aromatic carbocycles. The highest BCUT2D eigenvalue weighted by molar-refractivity contribution is 5.53. The van der Waals surface area contributed by atoms with Crippen LogP contribution in [0.25, 0.3) is 0 Å². The van der Waals surface area contributed by atoms with Gasteiger partial charge in [-0.1, -0.05) is 69.0 Å². The smallest absolute Gasteiger partial charge is 0.131 e. The molecule has 1 aliphatic heterocycles. The Morgan fingerprint density at radius 3 is 2.00 bits per heavy atom. The van der Waals surface area contributed by atoms with Crippen molar-refractivity contribution in [3.05, 3.63) is 59.7 Å². The molecule has 0 aliphatic carbocycles. The first-order valence-corrected chi connectivity index (χ1v) is 7.76. The Morgan fingerprint density at radius 1 is 0.800 bits per heavy atom. The van der Waals surface area contributed by atoms with E-state index in [2.05, 4.69) is 55.5 Å². The number of rotatable bonds is 5. The van der Waals surface area contributed by atoms with Gasteiger partial charge in [-0.05, 0) is 18.6 Å². The zero-order valence-corrected chi connectivity index (χ0v) is 12.1. The lowest BCUT2D eigenvalue weighted by molar-refractivity contribution is 0.436. The molecule has 104 valence electrons. The second-order valence-electron chi connectivity index (χ2n) is 5.58. The Kier molecular flexibility index (Phi) is 4.05. The number of para-hydroxylation sites is 2. The maximum Gasteiger partial charge on any atom is 0.131 e. The Hall–Kier alpha value is -1.76. The number of hydrogen-bond donors (Lipinski definition) is 0. The van der Waals surface area contributed by atoms with Crippen molar-refractivity contribution in [2.24, 2.45) is 0 Å². The van der Waals surface area contributed by atoms with Gasteiger partial charge in [0.25, 0.3) is 0 Å². The van der Waals surface area contributed by atoms with E-state index in [4.69, 9.17) is 4.74 Å². The van der Waals surface area contributed by atoms with E-state index in [1.807, 2.05) is 0 Å². The summed E-state index contributed by atoms with van der Waals surface area (Å²) < 4.78 is 6.04. The van der Waals surface area contributed by atoms with Crippen LogP contribution in [0.15, 0.2) is 48.5 Å². The number of ether oxygens (including phenoxy) is 1. The average Bonchev–Trinajstić information content (AvgIpc) is 2.50. The first kappa shape index (κ1) is 13.2. The Bertz CT molecular complexity index is 528. The maximum atomic E-state index is 6.04. The third kappa shape index (κ3) is 2.58. The topological polar surface area (TPSA) is 9.23 Å². The highest BCUT2D eigenvalue weighted by atomic mass is 16.5. The molecule has 1 heterocycles.